The summed E-state index contributed by atoms with van der Waals surface area (Å²) in [6.07, 6.45) is 4.54. The van der Waals surface area contributed by atoms with Gasteiger partial charge < -0.3 is 4.74 Å². The van der Waals surface area contributed by atoms with Gasteiger partial charge in [-0.2, -0.15) is 0 Å². The Labute approximate surface area is 137 Å². The maximum Gasteiger partial charge on any atom is 0.233 e. The monoisotopic (exact) mass is 398 g/mol. The third-order valence-corrected chi connectivity index (χ3v) is 5.76. The van der Waals surface area contributed by atoms with Crippen molar-refractivity contribution < 1.29 is 17.5 Å². The fourth-order valence-corrected chi connectivity index (χ4v) is 4.85. The van der Waals surface area contributed by atoms with Crippen LogP contribution in [0.4, 0.5) is 4.39 Å². The van der Waals surface area contributed by atoms with Gasteiger partial charge >= 0.3 is 0 Å². The standard InChI is InChI=1S/C14H17BrClFO3S/c15-12-5-4-11(8-13(12)17)20-9-14(10-21(16,18)19)6-2-1-3-7-14/h4-5,8H,1-3,6-7,9-10H2. The SMILES string of the molecule is O=S(=O)(Cl)CC1(COc2ccc(Br)c(F)c2)CCCCC1. The molecular weight excluding hydrogens is 383 g/mol. The van der Waals surface area contributed by atoms with E-state index in [4.69, 9.17) is 15.4 Å². The maximum atomic E-state index is 13.5. The van der Waals surface area contributed by atoms with Gasteiger partial charge in [0.25, 0.3) is 0 Å². The van der Waals surface area contributed by atoms with E-state index in [0.717, 1.165) is 32.1 Å². The van der Waals surface area contributed by atoms with Gasteiger partial charge in [0.1, 0.15) is 11.6 Å². The number of ether oxygens (including phenoxy) is 1. The lowest BCUT2D eigenvalue weighted by molar-refractivity contribution is 0.119. The molecule has 0 radical (unpaired) electrons. The van der Waals surface area contributed by atoms with Crippen LogP contribution in [0.3, 0.4) is 0 Å². The van der Waals surface area contributed by atoms with Gasteiger partial charge in [-0.15, -0.1) is 0 Å². The van der Waals surface area contributed by atoms with Gasteiger partial charge in [0.2, 0.25) is 9.05 Å². The average molecular weight is 400 g/mol. The molecule has 0 amide bonds. The predicted octanol–water partition coefficient (Wildman–Crippen LogP) is 4.49. The summed E-state index contributed by atoms with van der Waals surface area (Å²) in [5.41, 5.74) is -0.470. The Morgan fingerprint density at radius 3 is 2.52 bits per heavy atom. The highest BCUT2D eigenvalue weighted by Gasteiger charge is 2.37. The van der Waals surface area contributed by atoms with Crippen molar-refractivity contribution in [1.29, 1.82) is 0 Å². The molecule has 1 aromatic rings. The van der Waals surface area contributed by atoms with Crippen molar-refractivity contribution in [2.24, 2.45) is 5.41 Å². The number of benzene rings is 1. The van der Waals surface area contributed by atoms with Crippen LogP contribution in [-0.2, 0) is 9.05 Å². The molecular formula is C14H17BrClFO3S. The second-order valence-electron chi connectivity index (χ2n) is 5.61. The van der Waals surface area contributed by atoms with Crippen molar-refractivity contribution in [3.05, 3.63) is 28.5 Å². The Morgan fingerprint density at radius 2 is 1.95 bits per heavy atom. The zero-order chi connectivity index (χ0) is 15.5. The average Bonchev–Trinajstić information content (AvgIpc) is 2.39. The van der Waals surface area contributed by atoms with Crippen LogP contribution in [-0.4, -0.2) is 20.8 Å². The number of rotatable bonds is 5. The van der Waals surface area contributed by atoms with Crippen LogP contribution in [0.25, 0.3) is 0 Å². The zero-order valence-electron chi connectivity index (χ0n) is 11.4. The van der Waals surface area contributed by atoms with Crippen molar-refractivity contribution in [2.75, 3.05) is 12.4 Å². The van der Waals surface area contributed by atoms with Crippen LogP contribution in [0.1, 0.15) is 32.1 Å². The molecule has 0 aliphatic heterocycles. The normalized spacial score (nSPS) is 18.4. The van der Waals surface area contributed by atoms with Crippen LogP contribution < -0.4 is 4.74 Å². The molecule has 0 bridgehead atoms. The van der Waals surface area contributed by atoms with E-state index >= 15 is 0 Å². The smallest absolute Gasteiger partial charge is 0.233 e. The lowest BCUT2D eigenvalue weighted by atomic mass is 9.76. The molecule has 21 heavy (non-hydrogen) atoms. The summed E-state index contributed by atoms with van der Waals surface area (Å²) in [5.74, 6) is -0.108. The third kappa shape index (κ3) is 5.11. The second-order valence-corrected chi connectivity index (χ2v) is 9.24. The summed E-state index contributed by atoms with van der Waals surface area (Å²) < 4.78 is 42.4. The molecule has 0 spiro atoms. The molecule has 0 aromatic heterocycles. The summed E-state index contributed by atoms with van der Waals surface area (Å²) >= 11 is 3.08. The van der Waals surface area contributed by atoms with E-state index in [-0.39, 0.29) is 12.4 Å². The topological polar surface area (TPSA) is 43.4 Å². The van der Waals surface area contributed by atoms with E-state index in [1.54, 1.807) is 12.1 Å². The van der Waals surface area contributed by atoms with Crippen LogP contribution in [0, 0.1) is 11.2 Å². The molecule has 0 heterocycles. The van der Waals surface area contributed by atoms with Gasteiger partial charge in [0.15, 0.2) is 0 Å². The molecule has 2 rings (SSSR count). The van der Waals surface area contributed by atoms with Crippen LogP contribution in [0.2, 0.25) is 0 Å². The molecule has 1 saturated carbocycles. The van der Waals surface area contributed by atoms with Crippen LogP contribution in [0.15, 0.2) is 22.7 Å². The van der Waals surface area contributed by atoms with Crippen molar-refractivity contribution in [3.8, 4) is 5.75 Å². The Bertz CT molecular complexity index is 600. The summed E-state index contributed by atoms with van der Waals surface area (Å²) in [4.78, 5) is 0. The first-order chi connectivity index (χ1) is 9.80. The summed E-state index contributed by atoms with van der Waals surface area (Å²) in [7, 11) is 1.84. The summed E-state index contributed by atoms with van der Waals surface area (Å²) in [6.45, 7) is 0.236. The largest absolute Gasteiger partial charge is 0.493 e. The van der Waals surface area contributed by atoms with Gasteiger partial charge in [-0.25, -0.2) is 12.8 Å². The minimum Gasteiger partial charge on any atom is -0.493 e. The first-order valence-corrected chi connectivity index (χ1v) is 10.1. The fraction of sp³-hybridized carbons (Fsp3) is 0.571. The molecule has 0 atom stereocenters. The van der Waals surface area contributed by atoms with Crippen molar-refractivity contribution in [2.45, 2.75) is 32.1 Å². The summed E-state index contributed by atoms with van der Waals surface area (Å²) in [5, 5.41) is 0. The Morgan fingerprint density at radius 1 is 1.29 bits per heavy atom. The Balaban J connectivity index is 2.10. The molecule has 3 nitrogen and oxygen atoms in total. The van der Waals surface area contributed by atoms with E-state index in [9.17, 15) is 12.8 Å². The van der Waals surface area contributed by atoms with E-state index in [2.05, 4.69) is 15.9 Å². The van der Waals surface area contributed by atoms with Gasteiger partial charge in [-0.1, -0.05) is 19.3 Å². The van der Waals surface area contributed by atoms with Crippen LogP contribution >= 0.6 is 26.6 Å². The van der Waals surface area contributed by atoms with Crippen LogP contribution in [0.5, 0.6) is 5.75 Å². The van der Waals surface area contributed by atoms with Gasteiger partial charge in [0.05, 0.1) is 16.8 Å². The van der Waals surface area contributed by atoms with Gasteiger partial charge in [0, 0.05) is 22.2 Å². The molecule has 0 N–H and O–H groups in total. The Hall–Kier alpha value is -0.330. The predicted molar refractivity (Wildman–Crippen MR) is 84.8 cm³/mol. The van der Waals surface area contributed by atoms with E-state index < -0.39 is 20.3 Å². The van der Waals surface area contributed by atoms with E-state index in [1.165, 1.54) is 6.07 Å². The quantitative estimate of drug-likeness (QED) is 0.685. The van der Waals surface area contributed by atoms with Crippen molar-refractivity contribution in [3.63, 3.8) is 0 Å². The van der Waals surface area contributed by atoms with Crippen molar-refractivity contribution in [1.82, 2.24) is 0 Å². The third-order valence-electron chi connectivity index (χ3n) is 3.83. The minimum atomic E-state index is -3.59. The highest BCUT2D eigenvalue weighted by atomic mass is 79.9. The highest BCUT2D eigenvalue weighted by molar-refractivity contribution is 9.10. The van der Waals surface area contributed by atoms with E-state index in [0.29, 0.717) is 10.2 Å². The number of hydrogen-bond acceptors (Lipinski definition) is 3. The second kappa shape index (κ2) is 6.84. The lowest BCUT2D eigenvalue weighted by Gasteiger charge is -2.35. The molecule has 1 aliphatic carbocycles. The molecule has 0 saturated heterocycles. The minimum absolute atomic E-state index is 0.0967. The lowest BCUT2D eigenvalue weighted by Crippen LogP contribution is -2.36. The molecule has 1 aromatic carbocycles. The van der Waals surface area contributed by atoms with Gasteiger partial charge in [-0.05, 0) is 40.9 Å². The van der Waals surface area contributed by atoms with Crippen molar-refractivity contribution >= 4 is 35.7 Å². The molecule has 0 unspecified atom stereocenters. The van der Waals surface area contributed by atoms with Gasteiger partial charge in [-0.3, -0.25) is 0 Å². The molecule has 118 valence electrons. The maximum absolute atomic E-state index is 13.5. The first-order valence-electron chi connectivity index (χ1n) is 6.80. The number of hydrogen-bond donors (Lipinski definition) is 0. The summed E-state index contributed by atoms with van der Waals surface area (Å²) in [6, 6.07) is 4.51. The highest BCUT2D eigenvalue weighted by Crippen LogP contribution is 2.39. The van der Waals surface area contributed by atoms with E-state index in [1.807, 2.05) is 0 Å². The fourth-order valence-electron chi connectivity index (χ4n) is 2.80. The number of halogens is 3. The molecule has 1 aliphatic rings. The first kappa shape index (κ1) is 17.0. The zero-order valence-corrected chi connectivity index (χ0v) is 14.6. The molecule has 7 heteroatoms. The Kier molecular flexibility index (Phi) is 5.54. The molecule has 1 fully saturated rings.